The molecule has 1 amide bonds. The molecule has 0 spiro atoms. The van der Waals surface area contributed by atoms with E-state index in [-0.39, 0.29) is 18.0 Å². The summed E-state index contributed by atoms with van der Waals surface area (Å²) >= 11 is 1.45. The van der Waals surface area contributed by atoms with Gasteiger partial charge in [-0.25, -0.2) is 4.98 Å². The number of carbonyl (C=O) groups is 1. The van der Waals surface area contributed by atoms with E-state index < -0.39 is 0 Å². The zero-order valence-corrected chi connectivity index (χ0v) is 11.8. The van der Waals surface area contributed by atoms with Crippen molar-refractivity contribution in [2.75, 3.05) is 0 Å². The number of hydrogen-bond donors (Lipinski definition) is 2. The predicted molar refractivity (Wildman–Crippen MR) is 73.6 cm³/mol. The summed E-state index contributed by atoms with van der Waals surface area (Å²) in [5.41, 5.74) is 6.24. The highest BCUT2D eigenvalue weighted by atomic mass is 32.1. The van der Waals surface area contributed by atoms with Crippen molar-refractivity contribution in [3.8, 4) is 0 Å². The van der Waals surface area contributed by atoms with Crippen molar-refractivity contribution in [1.82, 2.24) is 10.3 Å². The summed E-state index contributed by atoms with van der Waals surface area (Å²) in [7, 11) is 0. The van der Waals surface area contributed by atoms with Gasteiger partial charge in [-0.2, -0.15) is 0 Å². The summed E-state index contributed by atoms with van der Waals surface area (Å²) in [4.78, 5) is 16.3. The monoisotopic (exact) mass is 267 g/mol. The van der Waals surface area contributed by atoms with Gasteiger partial charge in [0, 0.05) is 11.4 Å². The van der Waals surface area contributed by atoms with Crippen LogP contribution in [-0.4, -0.2) is 16.9 Å². The molecule has 0 bridgehead atoms. The average Bonchev–Trinajstić information content (AvgIpc) is 3.00. The molecule has 0 aliphatic heterocycles. The summed E-state index contributed by atoms with van der Waals surface area (Å²) in [6.45, 7) is 3.97. The Labute approximate surface area is 112 Å². The van der Waals surface area contributed by atoms with E-state index in [9.17, 15) is 4.79 Å². The molecule has 1 fully saturated rings. The van der Waals surface area contributed by atoms with Crippen LogP contribution >= 0.6 is 11.3 Å². The second kappa shape index (κ2) is 5.80. The van der Waals surface area contributed by atoms with Gasteiger partial charge in [0.25, 0.3) is 5.91 Å². The minimum absolute atomic E-state index is 0.0717. The van der Waals surface area contributed by atoms with Gasteiger partial charge in [-0.3, -0.25) is 4.79 Å². The number of carbonyl (C=O) groups excluding carboxylic acids is 1. The number of aromatic nitrogens is 1. The van der Waals surface area contributed by atoms with E-state index in [1.54, 1.807) is 5.38 Å². The standard InChI is InChI=1S/C13H21N3OS/c1-8(14)13-16-11(7-18-13)12(17)15-9(2)10-5-3-4-6-10/h7-10H,3-6,14H2,1-2H3,(H,15,17). The Bertz CT molecular complexity index is 410. The molecule has 2 rings (SSSR count). The van der Waals surface area contributed by atoms with E-state index in [0.717, 1.165) is 5.01 Å². The lowest BCUT2D eigenvalue weighted by atomic mass is 10.00. The number of nitrogens with zero attached hydrogens (tertiary/aromatic N) is 1. The van der Waals surface area contributed by atoms with Crippen molar-refractivity contribution < 1.29 is 4.79 Å². The number of thiazole rings is 1. The number of amides is 1. The summed E-state index contributed by atoms with van der Waals surface area (Å²) < 4.78 is 0. The summed E-state index contributed by atoms with van der Waals surface area (Å²) in [5.74, 6) is 0.554. The number of rotatable bonds is 4. The zero-order valence-electron chi connectivity index (χ0n) is 11.0. The van der Waals surface area contributed by atoms with Crippen molar-refractivity contribution in [2.45, 2.75) is 51.6 Å². The van der Waals surface area contributed by atoms with E-state index >= 15 is 0 Å². The van der Waals surface area contributed by atoms with Gasteiger partial charge >= 0.3 is 0 Å². The molecule has 2 atom stereocenters. The van der Waals surface area contributed by atoms with Gasteiger partial charge in [0.1, 0.15) is 10.7 Å². The largest absolute Gasteiger partial charge is 0.348 e. The van der Waals surface area contributed by atoms with E-state index in [4.69, 9.17) is 5.73 Å². The van der Waals surface area contributed by atoms with E-state index in [0.29, 0.717) is 11.6 Å². The molecule has 3 N–H and O–H groups in total. The van der Waals surface area contributed by atoms with E-state index in [1.807, 2.05) is 6.92 Å². The Kier molecular flexibility index (Phi) is 4.35. The molecule has 0 radical (unpaired) electrons. The summed E-state index contributed by atoms with van der Waals surface area (Å²) in [5, 5.41) is 5.66. The van der Waals surface area contributed by atoms with Gasteiger partial charge in [-0.1, -0.05) is 12.8 Å². The molecule has 18 heavy (non-hydrogen) atoms. The van der Waals surface area contributed by atoms with Crippen molar-refractivity contribution in [1.29, 1.82) is 0 Å². The second-order valence-electron chi connectivity index (χ2n) is 5.17. The first-order chi connectivity index (χ1) is 8.58. The number of nitrogens with one attached hydrogen (secondary N) is 1. The molecule has 1 heterocycles. The first-order valence-electron chi connectivity index (χ1n) is 6.60. The zero-order chi connectivity index (χ0) is 13.1. The summed E-state index contributed by atoms with van der Waals surface area (Å²) in [6, 6.07) is 0.129. The number of hydrogen-bond acceptors (Lipinski definition) is 4. The molecule has 1 saturated carbocycles. The molecule has 1 aromatic rings. The van der Waals surface area contributed by atoms with Crippen LogP contribution in [0.4, 0.5) is 0 Å². The van der Waals surface area contributed by atoms with Gasteiger partial charge in [0.2, 0.25) is 0 Å². The highest BCUT2D eigenvalue weighted by Gasteiger charge is 2.24. The Balaban J connectivity index is 1.93. The van der Waals surface area contributed by atoms with Crippen LogP contribution in [-0.2, 0) is 0 Å². The summed E-state index contributed by atoms with van der Waals surface area (Å²) in [6.07, 6.45) is 5.03. The minimum Gasteiger partial charge on any atom is -0.348 e. The fourth-order valence-corrected chi connectivity index (χ4v) is 3.21. The van der Waals surface area contributed by atoms with Crippen molar-refractivity contribution in [3.05, 3.63) is 16.1 Å². The molecular formula is C13H21N3OS. The maximum atomic E-state index is 12.0. The van der Waals surface area contributed by atoms with Gasteiger partial charge < -0.3 is 11.1 Å². The highest BCUT2D eigenvalue weighted by Crippen LogP contribution is 2.27. The topological polar surface area (TPSA) is 68.0 Å². The molecule has 1 aliphatic rings. The first-order valence-corrected chi connectivity index (χ1v) is 7.47. The van der Waals surface area contributed by atoms with Crippen molar-refractivity contribution in [3.63, 3.8) is 0 Å². The lowest BCUT2D eigenvalue weighted by Gasteiger charge is -2.19. The molecule has 1 aromatic heterocycles. The smallest absolute Gasteiger partial charge is 0.270 e. The second-order valence-corrected chi connectivity index (χ2v) is 6.06. The lowest BCUT2D eigenvalue weighted by molar-refractivity contribution is 0.0922. The van der Waals surface area contributed by atoms with Crippen LogP contribution in [0.25, 0.3) is 0 Å². The molecular weight excluding hydrogens is 246 g/mol. The van der Waals surface area contributed by atoms with Crippen LogP contribution < -0.4 is 11.1 Å². The Morgan fingerprint density at radius 2 is 2.17 bits per heavy atom. The van der Waals surface area contributed by atoms with E-state index in [2.05, 4.69) is 17.2 Å². The Hall–Kier alpha value is -0.940. The van der Waals surface area contributed by atoms with Crippen LogP contribution in [0, 0.1) is 5.92 Å². The average molecular weight is 267 g/mol. The molecule has 2 unspecified atom stereocenters. The van der Waals surface area contributed by atoms with E-state index in [1.165, 1.54) is 37.0 Å². The third-order valence-corrected chi connectivity index (χ3v) is 4.66. The van der Waals surface area contributed by atoms with Gasteiger partial charge in [0.15, 0.2) is 0 Å². The number of nitrogens with two attached hydrogens (primary N) is 1. The SMILES string of the molecule is CC(N)c1nc(C(=O)NC(C)C2CCCC2)cs1. The molecule has 0 saturated heterocycles. The fourth-order valence-electron chi connectivity index (χ4n) is 2.46. The Morgan fingerprint density at radius 1 is 1.50 bits per heavy atom. The molecule has 5 heteroatoms. The fraction of sp³-hybridized carbons (Fsp3) is 0.692. The maximum absolute atomic E-state index is 12.0. The van der Waals surface area contributed by atoms with Crippen LogP contribution in [0.5, 0.6) is 0 Å². The third-order valence-electron chi connectivity index (χ3n) is 3.61. The third kappa shape index (κ3) is 3.09. The van der Waals surface area contributed by atoms with Crippen LogP contribution in [0.2, 0.25) is 0 Å². The Morgan fingerprint density at radius 3 is 2.72 bits per heavy atom. The molecule has 100 valence electrons. The van der Waals surface area contributed by atoms with Crippen molar-refractivity contribution in [2.24, 2.45) is 11.7 Å². The molecule has 4 nitrogen and oxygen atoms in total. The maximum Gasteiger partial charge on any atom is 0.270 e. The lowest BCUT2D eigenvalue weighted by Crippen LogP contribution is -2.37. The van der Waals surface area contributed by atoms with Gasteiger partial charge in [-0.05, 0) is 32.6 Å². The minimum atomic E-state index is -0.108. The normalized spacial score (nSPS) is 19.7. The van der Waals surface area contributed by atoms with Crippen LogP contribution in [0.3, 0.4) is 0 Å². The highest BCUT2D eigenvalue weighted by molar-refractivity contribution is 7.09. The van der Waals surface area contributed by atoms with Crippen molar-refractivity contribution >= 4 is 17.2 Å². The van der Waals surface area contributed by atoms with Crippen LogP contribution in [0.15, 0.2) is 5.38 Å². The first kappa shape index (κ1) is 13.5. The quantitative estimate of drug-likeness (QED) is 0.880. The van der Waals surface area contributed by atoms with Gasteiger partial charge in [0.05, 0.1) is 6.04 Å². The predicted octanol–water partition coefficient (Wildman–Crippen LogP) is 2.47. The van der Waals surface area contributed by atoms with Gasteiger partial charge in [-0.15, -0.1) is 11.3 Å². The van der Waals surface area contributed by atoms with Crippen LogP contribution in [0.1, 0.15) is 61.1 Å². The molecule has 0 aromatic carbocycles. The molecule has 1 aliphatic carbocycles.